The maximum absolute atomic E-state index is 5.92. The third-order valence-corrected chi connectivity index (χ3v) is 2.10. The largest absolute Gasteiger partial charge is 0.322 e. The van der Waals surface area contributed by atoms with Gasteiger partial charge in [0.05, 0.1) is 5.69 Å². The summed E-state index contributed by atoms with van der Waals surface area (Å²) in [7, 11) is 0. The van der Waals surface area contributed by atoms with E-state index >= 15 is 0 Å². The Bertz CT molecular complexity index is 229. The Morgan fingerprint density at radius 1 is 1.64 bits per heavy atom. The van der Waals surface area contributed by atoms with Crippen LogP contribution in [0.15, 0.2) is 18.3 Å². The van der Waals surface area contributed by atoms with E-state index in [1.54, 1.807) is 12.3 Å². The average Bonchev–Trinajstić information content (AvgIpc) is 2.87. The number of aromatic nitrogens is 1. The van der Waals surface area contributed by atoms with Crippen molar-refractivity contribution in [2.75, 3.05) is 0 Å². The second kappa shape index (κ2) is 2.62. The van der Waals surface area contributed by atoms with Crippen molar-refractivity contribution in [1.82, 2.24) is 4.98 Å². The number of rotatable bonds is 2. The van der Waals surface area contributed by atoms with Crippen LogP contribution in [0, 0.1) is 12.0 Å². The smallest absolute Gasteiger partial charge is 0.0579 e. The van der Waals surface area contributed by atoms with Crippen LogP contribution in [0.5, 0.6) is 0 Å². The fraction of sp³-hybridized carbons (Fsp3) is 0.444. The van der Waals surface area contributed by atoms with E-state index in [1.165, 1.54) is 12.8 Å². The van der Waals surface area contributed by atoms with Gasteiger partial charge in [-0.05, 0) is 37.0 Å². The molecule has 1 fully saturated rings. The third kappa shape index (κ3) is 1.40. The molecule has 0 saturated heterocycles. The molecule has 57 valence electrons. The molecule has 0 aliphatic heterocycles. The molecule has 1 aliphatic carbocycles. The van der Waals surface area contributed by atoms with Crippen LogP contribution in [0.1, 0.15) is 24.6 Å². The highest BCUT2D eigenvalue weighted by Crippen LogP contribution is 2.38. The summed E-state index contributed by atoms with van der Waals surface area (Å²) in [6.07, 6.45) is 4.27. The normalized spacial score (nSPS) is 19.7. The van der Waals surface area contributed by atoms with E-state index in [4.69, 9.17) is 5.73 Å². The maximum Gasteiger partial charge on any atom is 0.0579 e. The second-order valence-electron chi connectivity index (χ2n) is 3.04. The van der Waals surface area contributed by atoms with E-state index in [9.17, 15) is 0 Å². The van der Waals surface area contributed by atoms with Crippen molar-refractivity contribution in [3.05, 3.63) is 30.1 Å². The molecule has 1 aliphatic rings. The van der Waals surface area contributed by atoms with Crippen LogP contribution in [-0.4, -0.2) is 4.98 Å². The van der Waals surface area contributed by atoms with Crippen LogP contribution in [-0.2, 0) is 0 Å². The van der Waals surface area contributed by atoms with Crippen LogP contribution >= 0.6 is 0 Å². The minimum atomic E-state index is 0.146. The van der Waals surface area contributed by atoms with E-state index in [1.807, 2.05) is 6.07 Å². The molecular formula is C9H11N2. The van der Waals surface area contributed by atoms with Crippen LogP contribution in [0.4, 0.5) is 0 Å². The van der Waals surface area contributed by atoms with Gasteiger partial charge in [-0.3, -0.25) is 4.98 Å². The van der Waals surface area contributed by atoms with Gasteiger partial charge in [0.2, 0.25) is 0 Å². The Hall–Kier alpha value is -0.890. The number of nitrogens with two attached hydrogens (primary N) is 1. The Labute approximate surface area is 66.4 Å². The molecular weight excluding hydrogens is 136 g/mol. The van der Waals surface area contributed by atoms with Gasteiger partial charge in [0.15, 0.2) is 0 Å². The van der Waals surface area contributed by atoms with Gasteiger partial charge in [0.25, 0.3) is 0 Å². The molecule has 1 unspecified atom stereocenters. The van der Waals surface area contributed by atoms with Gasteiger partial charge in [-0.15, -0.1) is 0 Å². The van der Waals surface area contributed by atoms with Crippen LogP contribution < -0.4 is 5.73 Å². The summed E-state index contributed by atoms with van der Waals surface area (Å²) in [5, 5.41) is 0. The highest BCUT2D eigenvalue weighted by Gasteiger charge is 2.29. The summed E-state index contributed by atoms with van der Waals surface area (Å²) in [4.78, 5) is 4.18. The molecule has 1 saturated carbocycles. The quantitative estimate of drug-likeness (QED) is 0.684. The van der Waals surface area contributed by atoms with Crippen LogP contribution in [0.2, 0.25) is 0 Å². The Morgan fingerprint density at radius 2 is 2.45 bits per heavy atom. The molecule has 2 nitrogen and oxygen atoms in total. The molecule has 1 heterocycles. The van der Waals surface area contributed by atoms with Crippen molar-refractivity contribution in [2.24, 2.45) is 11.7 Å². The van der Waals surface area contributed by atoms with Crippen molar-refractivity contribution < 1.29 is 0 Å². The molecule has 0 aromatic carbocycles. The number of hydrogen-bond acceptors (Lipinski definition) is 2. The monoisotopic (exact) mass is 147 g/mol. The van der Waals surface area contributed by atoms with Crippen molar-refractivity contribution in [3.8, 4) is 0 Å². The van der Waals surface area contributed by atoms with Crippen LogP contribution in [0.25, 0.3) is 0 Å². The summed E-state index contributed by atoms with van der Waals surface area (Å²) < 4.78 is 0. The van der Waals surface area contributed by atoms with Gasteiger partial charge in [0, 0.05) is 12.2 Å². The predicted molar refractivity (Wildman–Crippen MR) is 42.7 cm³/mol. The molecule has 2 N–H and O–H groups in total. The van der Waals surface area contributed by atoms with Gasteiger partial charge >= 0.3 is 0 Å². The minimum absolute atomic E-state index is 0.146. The van der Waals surface area contributed by atoms with Crippen molar-refractivity contribution >= 4 is 0 Å². The van der Waals surface area contributed by atoms with Crippen molar-refractivity contribution in [2.45, 2.75) is 18.9 Å². The molecule has 0 bridgehead atoms. The Balaban J connectivity index is 2.15. The zero-order valence-corrected chi connectivity index (χ0v) is 6.33. The zero-order valence-electron chi connectivity index (χ0n) is 6.33. The standard InChI is InChI=1S/C9H11N2/c10-9(7-4-5-7)8-3-1-2-6-11-8/h2-3,6-7,9H,4-5,10H2. The molecule has 1 aromatic heterocycles. The molecule has 1 aromatic rings. The molecule has 11 heavy (non-hydrogen) atoms. The van der Waals surface area contributed by atoms with Crippen molar-refractivity contribution in [1.29, 1.82) is 0 Å². The van der Waals surface area contributed by atoms with E-state index in [0.717, 1.165) is 5.69 Å². The SMILES string of the molecule is NC(c1c[c]ccn1)C1CC1. The summed E-state index contributed by atoms with van der Waals surface area (Å²) >= 11 is 0. The summed E-state index contributed by atoms with van der Waals surface area (Å²) in [5.74, 6) is 0.679. The number of hydrogen-bond donors (Lipinski definition) is 1. The topological polar surface area (TPSA) is 38.9 Å². The van der Waals surface area contributed by atoms with E-state index in [0.29, 0.717) is 5.92 Å². The first kappa shape index (κ1) is 6.80. The summed E-state index contributed by atoms with van der Waals surface area (Å²) in [5.41, 5.74) is 6.90. The van der Waals surface area contributed by atoms with Gasteiger partial charge < -0.3 is 5.73 Å². The summed E-state index contributed by atoms with van der Waals surface area (Å²) in [6.45, 7) is 0. The highest BCUT2D eigenvalue weighted by molar-refractivity contribution is 5.10. The van der Waals surface area contributed by atoms with E-state index in [2.05, 4.69) is 11.1 Å². The first-order valence-electron chi connectivity index (χ1n) is 3.95. The lowest BCUT2D eigenvalue weighted by molar-refractivity contribution is 0.615. The highest BCUT2D eigenvalue weighted by atomic mass is 14.8. The molecule has 1 radical (unpaired) electrons. The van der Waals surface area contributed by atoms with Gasteiger partial charge in [-0.2, -0.15) is 0 Å². The van der Waals surface area contributed by atoms with Crippen molar-refractivity contribution in [3.63, 3.8) is 0 Å². The molecule has 2 heteroatoms. The number of pyridine rings is 1. The molecule has 1 atom stereocenters. The summed E-state index contributed by atoms with van der Waals surface area (Å²) in [6, 6.07) is 6.80. The zero-order chi connectivity index (χ0) is 7.68. The molecule has 2 rings (SSSR count). The van der Waals surface area contributed by atoms with Gasteiger partial charge in [-0.25, -0.2) is 0 Å². The first-order chi connectivity index (χ1) is 5.38. The molecule has 0 amide bonds. The Morgan fingerprint density at radius 3 is 3.00 bits per heavy atom. The lowest BCUT2D eigenvalue weighted by atomic mass is 10.1. The maximum atomic E-state index is 5.92. The first-order valence-corrected chi connectivity index (χ1v) is 3.95. The average molecular weight is 147 g/mol. The minimum Gasteiger partial charge on any atom is -0.322 e. The third-order valence-electron chi connectivity index (χ3n) is 2.10. The van der Waals surface area contributed by atoms with E-state index < -0.39 is 0 Å². The van der Waals surface area contributed by atoms with Gasteiger partial charge in [-0.1, -0.05) is 0 Å². The second-order valence-corrected chi connectivity index (χ2v) is 3.04. The lowest BCUT2D eigenvalue weighted by Gasteiger charge is -2.07. The fourth-order valence-corrected chi connectivity index (χ4v) is 1.22. The van der Waals surface area contributed by atoms with Crippen LogP contribution in [0.3, 0.4) is 0 Å². The lowest BCUT2D eigenvalue weighted by Crippen LogP contribution is -2.13. The fourth-order valence-electron chi connectivity index (χ4n) is 1.22. The predicted octanol–water partition coefficient (Wildman–Crippen LogP) is 1.29. The van der Waals surface area contributed by atoms with Gasteiger partial charge in [0.1, 0.15) is 0 Å². The number of nitrogens with zero attached hydrogens (tertiary/aromatic N) is 1. The molecule has 0 spiro atoms. The Kier molecular flexibility index (Phi) is 1.62. The van der Waals surface area contributed by atoms with E-state index in [-0.39, 0.29) is 6.04 Å².